The highest BCUT2D eigenvalue weighted by Gasteiger charge is 2.22. The van der Waals surface area contributed by atoms with Crippen LogP contribution in [0, 0.1) is 6.92 Å². The third-order valence-electron chi connectivity index (χ3n) is 5.18. The summed E-state index contributed by atoms with van der Waals surface area (Å²) in [4.78, 5) is 12.2. The summed E-state index contributed by atoms with van der Waals surface area (Å²) >= 11 is 0. The van der Waals surface area contributed by atoms with Crippen molar-refractivity contribution in [2.24, 2.45) is 0 Å². The van der Waals surface area contributed by atoms with Crippen LogP contribution in [-0.4, -0.2) is 34.3 Å². The Morgan fingerprint density at radius 3 is 2.46 bits per heavy atom. The van der Waals surface area contributed by atoms with Gasteiger partial charge in [0.25, 0.3) is 0 Å². The highest BCUT2D eigenvalue weighted by atomic mass is 16.7. The van der Waals surface area contributed by atoms with Crippen LogP contribution in [0.25, 0.3) is 16.9 Å². The van der Waals surface area contributed by atoms with E-state index in [-0.39, 0.29) is 6.79 Å². The van der Waals surface area contributed by atoms with Gasteiger partial charge in [0, 0.05) is 31.0 Å². The van der Waals surface area contributed by atoms with Gasteiger partial charge in [-0.15, -0.1) is 0 Å². The lowest BCUT2D eigenvalue weighted by molar-refractivity contribution is 0.174. The summed E-state index contributed by atoms with van der Waals surface area (Å²) in [6.45, 7) is 11.0. The molecule has 28 heavy (non-hydrogen) atoms. The number of ether oxygens (including phenoxy) is 2. The van der Waals surface area contributed by atoms with Crippen molar-refractivity contribution in [2.45, 2.75) is 47.0 Å². The lowest BCUT2D eigenvalue weighted by Gasteiger charge is -2.24. The van der Waals surface area contributed by atoms with Crippen LogP contribution in [0.3, 0.4) is 0 Å². The first-order valence-electron chi connectivity index (χ1n) is 10.2. The Morgan fingerprint density at radius 2 is 1.79 bits per heavy atom. The molecule has 2 aromatic heterocycles. The molecular formula is C22H28N4O2. The van der Waals surface area contributed by atoms with Gasteiger partial charge in [-0.3, -0.25) is 9.38 Å². The minimum Gasteiger partial charge on any atom is -0.454 e. The summed E-state index contributed by atoms with van der Waals surface area (Å²) in [5, 5.41) is 0. The minimum absolute atomic E-state index is 0.270. The molecule has 0 spiro atoms. The quantitative estimate of drug-likeness (QED) is 0.598. The van der Waals surface area contributed by atoms with E-state index < -0.39 is 0 Å². The summed E-state index contributed by atoms with van der Waals surface area (Å²) in [6, 6.07) is 4.05. The van der Waals surface area contributed by atoms with Crippen LogP contribution in [0.4, 0.5) is 5.82 Å². The van der Waals surface area contributed by atoms with Gasteiger partial charge in [-0.05, 0) is 43.9 Å². The molecule has 1 aliphatic rings. The van der Waals surface area contributed by atoms with Crippen molar-refractivity contribution in [2.75, 3.05) is 24.8 Å². The van der Waals surface area contributed by atoms with Gasteiger partial charge in [-0.25, -0.2) is 4.98 Å². The topological polar surface area (TPSA) is 51.9 Å². The minimum atomic E-state index is 0.270. The van der Waals surface area contributed by atoms with Crippen LogP contribution in [0.1, 0.15) is 44.9 Å². The fraction of sp³-hybridized carbons (Fsp3) is 0.455. The van der Waals surface area contributed by atoms with Gasteiger partial charge >= 0.3 is 0 Å². The van der Waals surface area contributed by atoms with Crippen molar-refractivity contribution in [3.63, 3.8) is 0 Å². The van der Waals surface area contributed by atoms with Crippen LogP contribution >= 0.6 is 0 Å². The summed E-state index contributed by atoms with van der Waals surface area (Å²) in [5.41, 5.74) is 5.04. The van der Waals surface area contributed by atoms with Gasteiger partial charge in [0.15, 0.2) is 17.1 Å². The molecule has 0 fully saturated rings. The van der Waals surface area contributed by atoms with E-state index in [1.807, 2.05) is 24.5 Å². The maximum Gasteiger partial charge on any atom is 0.231 e. The monoisotopic (exact) mass is 380 g/mol. The second-order valence-electron chi connectivity index (χ2n) is 7.21. The number of imidazole rings is 1. The smallest absolute Gasteiger partial charge is 0.231 e. The van der Waals surface area contributed by atoms with Crippen molar-refractivity contribution >= 4 is 11.5 Å². The Bertz CT molecular complexity index is 990. The maximum absolute atomic E-state index is 5.59. The molecule has 0 saturated carbocycles. The molecule has 0 unspecified atom stereocenters. The van der Waals surface area contributed by atoms with Crippen LogP contribution in [0.2, 0.25) is 0 Å². The summed E-state index contributed by atoms with van der Waals surface area (Å²) in [5.74, 6) is 2.76. The van der Waals surface area contributed by atoms with E-state index in [1.165, 1.54) is 5.82 Å². The highest BCUT2D eigenvalue weighted by molar-refractivity contribution is 5.80. The number of benzene rings is 1. The summed E-state index contributed by atoms with van der Waals surface area (Å²) < 4.78 is 13.3. The van der Waals surface area contributed by atoms with Crippen LogP contribution < -0.4 is 14.4 Å². The second-order valence-corrected chi connectivity index (χ2v) is 7.21. The molecule has 4 rings (SSSR count). The van der Waals surface area contributed by atoms with Crippen molar-refractivity contribution in [3.8, 4) is 22.8 Å². The maximum atomic E-state index is 5.59. The predicted molar refractivity (Wildman–Crippen MR) is 111 cm³/mol. The van der Waals surface area contributed by atoms with E-state index in [0.29, 0.717) is 0 Å². The molecule has 148 valence electrons. The molecule has 0 N–H and O–H groups in total. The van der Waals surface area contributed by atoms with Crippen LogP contribution in [-0.2, 0) is 6.42 Å². The average molecular weight is 380 g/mol. The van der Waals surface area contributed by atoms with Gasteiger partial charge in [0.2, 0.25) is 6.79 Å². The Kier molecular flexibility index (Phi) is 5.11. The molecule has 6 heteroatoms. The Balaban J connectivity index is 1.91. The van der Waals surface area contributed by atoms with E-state index in [0.717, 1.165) is 72.0 Å². The van der Waals surface area contributed by atoms with Crippen LogP contribution in [0.5, 0.6) is 11.5 Å². The fourth-order valence-corrected chi connectivity index (χ4v) is 3.94. The standard InChI is InChI=1S/C22H28N4O2/c1-5-9-25(10-6-2)22-17(7-3)24-21-20(23-8-11-26(21)22)16-13-19-18(12-15(16)4)27-14-28-19/h8,11-13H,5-7,9-10,14H2,1-4H3. The summed E-state index contributed by atoms with van der Waals surface area (Å²) in [6.07, 6.45) is 7.00. The Morgan fingerprint density at radius 1 is 1.07 bits per heavy atom. The molecule has 1 aliphatic heterocycles. The van der Waals surface area contributed by atoms with E-state index in [9.17, 15) is 0 Å². The number of aryl methyl sites for hydroxylation is 2. The largest absolute Gasteiger partial charge is 0.454 e. The number of hydrogen-bond donors (Lipinski definition) is 0. The molecule has 0 radical (unpaired) electrons. The van der Waals surface area contributed by atoms with Crippen molar-refractivity contribution in [1.82, 2.24) is 14.4 Å². The van der Waals surface area contributed by atoms with Crippen molar-refractivity contribution < 1.29 is 9.47 Å². The van der Waals surface area contributed by atoms with Crippen molar-refractivity contribution in [1.29, 1.82) is 0 Å². The zero-order valence-electron chi connectivity index (χ0n) is 17.2. The third kappa shape index (κ3) is 3.07. The van der Waals surface area contributed by atoms with Gasteiger partial charge < -0.3 is 14.4 Å². The zero-order valence-corrected chi connectivity index (χ0v) is 17.2. The first kappa shape index (κ1) is 18.6. The van der Waals surface area contributed by atoms with Crippen molar-refractivity contribution in [3.05, 3.63) is 35.8 Å². The van der Waals surface area contributed by atoms with Gasteiger partial charge in [0.05, 0.1) is 5.69 Å². The SMILES string of the molecule is CCCN(CCC)c1c(CC)nc2c(-c3cc4c(cc3C)OCO4)nccn12. The van der Waals surface area contributed by atoms with Gasteiger partial charge in [-0.2, -0.15) is 0 Å². The molecule has 0 atom stereocenters. The normalized spacial score (nSPS) is 12.7. The average Bonchev–Trinajstić information content (AvgIpc) is 3.30. The molecular weight excluding hydrogens is 352 g/mol. The molecule has 0 amide bonds. The fourth-order valence-electron chi connectivity index (χ4n) is 3.94. The first-order chi connectivity index (χ1) is 13.7. The number of anilines is 1. The molecule has 1 aromatic carbocycles. The second kappa shape index (κ2) is 7.70. The van der Waals surface area contributed by atoms with Gasteiger partial charge in [0.1, 0.15) is 11.5 Å². The van der Waals surface area contributed by atoms with Crippen LogP contribution in [0.15, 0.2) is 24.5 Å². The molecule has 3 aromatic rings. The van der Waals surface area contributed by atoms with Gasteiger partial charge in [-0.1, -0.05) is 20.8 Å². The number of aromatic nitrogens is 3. The zero-order chi connectivity index (χ0) is 19.7. The molecule has 0 aliphatic carbocycles. The molecule has 6 nitrogen and oxygen atoms in total. The first-order valence-corrected chi connectivity index (χ1v) is 10.2. The van der Waals surface area contributed by atoms with E-state index in [2.05, 4.69) is 37.0 Å². The number of rotatable bonds is 7. The van der Waals surface area contributed by atoms with E-state index in [4.69, 9.17) is 19.4 Å². The predicted octanol–water partition coefficient (Wildman–Crippen LogP) is 4.62. The number of fused-ring (bicyclic) bond motifs is 2. The summed E-state index contributed by atoms with van der Waals surface area (Å²) in [7, 11) is 0. The van der Waals surface area contributed by atoms with E-state index >= 15 is 0 Å². The Labute approximate surface area is 166 Å². The lowest BCUT2D eigenvalue weighted by Crippen LogP contribution is -2.27. The molecule has 3 heterocycles. The molecule has 0 bridgehead atoms. The highest BCUT2D eigenvalue weighted by Crippen LogP contribution is 2.39. The Hall–Kier alpha value is -2.76. The number of nitrogens with zero attached hydrogens (tertiary/aromatic N) is 4. The number of hydrogen-bond acceptors (Lipinski definition) is 5. The molecule has 0 saturated heterocycles. The lowest BCUT2D eigenvalue weighted by atomic mass is 10.0. The third-order valence-corrected chi connectivity index (χ3v) is 5.18. The van der Waals surface area contributed by atoms with E-state index in [1.54, 1.807) is 0 Å².